The van der Waals surface area contributed by atoms with Crippen LogP contribution in [0.2, 0.25) is 5.02 Å². The number of hydrogen-bond acceptors (Lipinski definition) is 1. The number of carbonyl (C=O) groups excluding carboxylic acids is 1. The van der Waals surface area contributed by atoms with Crippen LogP contribution >= 0.6 is 34.8 Å². The van der Waals surface area contributed by atoms with E-state index in [1.807, 2.05) is 42.5 Å². The molecular weight excluding hydrogens is 317 g/mol. The quantitative estimate of drug-likeness (QED) is 0.583. The second kappa shape index (κ2) is 4.96. The van der Waals surface area contributed by atoms with Gasteiger partial charge in [-0.1, -0.05) is 65.1 Å². The third-order valence-electron chi connectivity index (χ3n) is 3.33. The van der Waals surface area contributed by atoms with Crippen molar-refractivity contribution < 1.29 is 4.79 Å². The summed E-state index contributed by atoms with van der Waals surface area (Å²) in [6.07, 6.45) is 0. The predicted octanol–water partition coefficient (Wildman–Crippen LogP) is 4.60. The Labute approximate surface area is 131 Å². The van der Waals surface area contributed by atoms with Crippen LogP contribution in [0.1, 0.15) is 11.6 Å². The molecule has 0 aromatic heterocycles. The van der Waals surface area contributed by atoms with Gasteiger partial charge in [-0.25, -0.2) is 0 Å². The average Bonchev–Trinajstić information content (AvgIpc) is 2.46. The largest absolute Gasteiger partial charge is 0.299 e. The third-order valence-corrected chi connectivity index (χ3v) is 4.31. The summed E-state index contributed by atoms with van der Waals surface area (Å²) in [5.74, 6) is -0.313. The number of β-lactam (4-membered cyclic amide) rings is 1. The lowest BCUT2D eigenvalue weighted by Gasteiger charge is -2.49. The molecule has 5 heteroatoms. The number of hydrogen-bond donors (Lipinski definition) is 0. The first-order valence-electron chi connectivity index (χ1n) is 6.04. The highest BCUT2D eigenvalue weighted by atomic mass is 35.5. The van der Waals surface area contributed by atoms with E-state index >= 15 is 0 Å². The van der Waals surface area contributed by atoms with E-state index < -0.39 is 10.4 Å². The van der Waals surface area contributed by atoms with Gasteiger partial charge in [-0.15, -0.1) is 0 Å². The number of rotatable bonds is 2. The lowest BCUT2D eigenvalue weighted by Crippen LogP contribution is -2.62. The second-order valence-corrected chi connectivity index (χ2v) is 6.41. The summed E-state index contributed by atoms with van der Waals surface area (Å²) >= 11 is 18.2. The highest BCUT2D eigenvalue weighted by Crippen LogP contribution is 2.52. The van der Waals surface area contributed by atoms with Gasteiger partial charge < -0.3 is 0 Å². The van der Waals surface area contributed by atoms with Crippen molar-refractivity contribution in [3.8, 4) is 0 Å². The van der Waals surface area contributed by atoms with Crippen molar-refractivity contribution in [1.82, 2.24) is 0 Å². The van der Waals surface area contributed by atoms with Crippen molar-refractivity contribution in [3.63, 3.8) is 0 Å². The summed E-state index contributed by atoms with van der Waals surface area (Å²) in [6, 6.07) is 16.1. The number of alkyl halides is 2. The van der Waals surface area contributed by atoms with Crippen LogP contribution in [0.15, 0.2) is 54.6 Å². The van der Waals surface area contributed by atoms with Crippen molar-refractivity contribution in [1.29, 1.82) is 0 Å². The van der Waals surface area contributed by atoms with Gasteiger partial charge in [0.2, 0.25) is 4.33 Å². The topological polar surface area (TPSA) is 20.3 Å². The zero-order chi connectivity index (χ0) is 14.3. The number of carbonyl (C=O) groups is 1. The fraction of sp³-hybridized carbons (Fsp3) is 0.133. The molecule has 102 valence electrons. The van der Waals surface area contributed by atoms with Crippen LogP contribution in [0.4, 0.5) is 5.69 Å². The third kappa shape index (κ3) is 2.08. The first-order chi connectivity index (χ1) is 9.51. The minimum absolute atomic E-state index is 0.313. The number of para-hydroxylation sites is 1. The van der Waals surface area contributed by atoms with E-state index in [1.54, 1.807) is 17.0 Å². The van der Waals surface area contributed by atoms with Gasteiger partial charge in [-0.2, -0.15) is 0 Å². The highest BCUT2D eigenvalue weighted by Gasteiger charge is 2.60. The molecule has 2 aromatic carbocycles. The lowest BCUT2D eigenvalue weighted by atomic mass is 9.91. The van der Waals surface area contributed by atoms with Gasteiger partial charge in [0.15, 0.2) is 0 Å². The van der Waals surface area contributed by atoms with Gasteiger partial charge in [0, 0.05) is 10.7 Å². The molecule has 1 fully saturated rings. The summed E-state index contributed by atoms with van der Waals surface area (Å²) in [7, 11) is 0. The van der Waals surface area contributed by atoms with Crippen LogP contribution in [0.3, 0.4) is 0 Å². The van der Waals surface area contributed by atoms with E-state index in [2.05, 4.69) is 0 Å². The lowest BCUT2D eigenvalue weighted by molar-refractivity contribution is -0.125. The number of nitrogens with zero attached hydrogens (tertiary/aromatic N) is 1. The van der Waals surface area contributed by atoms with Gasteiger partial charge >= 0.3 is 0 Å². The van der Waals surface area contributed by atoms with Crippen LogP contribution in [0.25, 0.3) is 0 Å². The standard InChI is InChI=1S/C15H10Cl3NO/c16-11-8-6-10(7-9-11)13-15(17,18)14(20)19(13)12-4-2-1-3-5-12/h1-9,13H/t13-/m1/s1. The first kappa shape index (κ1) is 13.7. The molecule has 0 unspecified atom stereocenters. The molecule has 0 saturated carbocycles. The van der Waals surface area contributed by atoms with Gasteiger partial charge in [-0.3, -0.25) is 9.69 Å². The Balaban J connectivity index is 2.02. The predicted molar refractivity (Wildman–Crippen MR) is 82.6 cm³/mol. The fourth-order valence-corrected chi connectivity index (χ4v) is 3.10. The van der Waals surface area contributed by atoms with Crippen molar-refractivity contribution in [2.45, 2.75) is 10.4 Å². The van der Waals surface area contributed by atoms with Crippen LogP contribution in [0.5, 0.6) is 0 Å². The minimum Gasteiger partial charge on any atom is -0.299 e. The summed E-state index contributed by atoms with van der Waals surface area (Å²) < 4.78 is -1.44. The Morgan fingerprint density at radius 1 is 0.950 bits per heavy atom. The van der Waals surface area contributed by atoms with Crippen LogP contribution in [0, 0.1) is 0 Å². The molecule has 2 aromatic rings. The summed E-state index contributed by atoms with van der Waals surface area (Å²) in [6.45, 7) is 0. The molecule has 1 amide bonds. The molecule has 1 aliphatic rings. The van der Waals surface area contributed by atoms with Gasteiger partial charge in [-0.05, 0) is 29.8 Å². The minimum atomic E-state index is -1.44. The monoisotopic (exact) mass is 325 g/mol. The molecular formula is C15H10Cl3NO. The van der Waals surface area contributed by atoms with Crippen molar-refractivity contribution in [2.24, 2.45) is 0 Å². The van der Waals surface area contributed by atoms with Gasteiger partial charge in [0.05, 0.1) is 0 Å². The summed E-state index contributed by atoms with van der Waals surface area (Å²) in [5.41, 5.74) is 1.62. The Morgan fingerprint density at radius 3 is 2.15 bits per heavy atom. The summed E-state index contributed by atoms with van der Waals surface area (Å²) in [5, 5.41) is 0.625. The highest BCUT2D eigenvalue weighted by molar-refractivity contribution is 6.62. The Morgan fingerprint density at radius 2 is 1.55 bits per heavy atom. The normalized spacial score (nSPS) is 20.6. The second-order valence-electron chi connectivity index (χ2n) is 4.59. The van der Waals surface area contributed by atoms with Gasteiger partial charge in [0.1, 0.15) is 6.04 Å². The maximum Gasteiger partial charge on any atom is 0.266 e. The molecule has 0 spiro atoms. The molecule has 1 saturated heterocycles. The molecule has 1 aliphatic heterocycles. The molecule has 1 atom stereocenters. The SMILES string of the molecule is O=C1N(c2ccccc2)[C@H](c2ccc(Cl)cc2)C1(Cl)Cl. The summed E-state index contributed by atoms with van der Waals surface area (Å²) in [4.78, 5) is 13.8. The van der Waals surface area contributed by atoms with E-state index in [0.717, 1.165) is 11.3 Å². The van der Waals surface area contributed by atoms with Crippen LogP contribution in [-0.2, 0) is 4.79 Å². The van der Waals surface area contributed by atoms with Crippen LogP contribution in [-0.4, -0.2) is 10.2 Å². The molecule has 3 rings (SSSR count). The molecule has 0 aliphatic carbocycles. The average molecular weight is 327 g/mol. The van der Waals surface area contributed by atoms with E-state index in [1.165, 1.54) is 0 Å². The van der Waals surface area contributed by atoms with Crippen molar-refractivity contribution in [2.75, 3.05) is 4.90 Å². The zero-order valence-corrected chi connectivity index (χ0v) is 12.5. The maximum absolute atomic E-state index is 12.2. The van der Waals surface area contributed by atoms with Crippen molar-refractivity contribution in [3.05, 3.63) is 65.2 Å². The Hall–Kier alpha value is -1.22. The smallest absolute Gasteiger partial charge is 0.266 e. The zero-order valence-electron chi connectivity index (χ0n) is 10.3. The first-order valence-corrected chi connectivity index (χ1v) is 7.17. The fourth-order valence-electron chi connectivity index (χ4n) is 2.35. The number of amides is 1. The van der Waals surface area contributed by atoms with Crippen molar-refractivity contribution >= 4 is 46.4 Å². The van der Waals surface area contributed by atoms with Gasteiger partial charge in [0.25, 0.3) is 5.91 Å². The molecule has 2 nitrogen and oxygen atoms in total. The van der Waals surface area contributed by atoms with Crippen LogP contribution < -0.4 is 4.90 Å². The molecule has 1 heterocycles. The van der Waals surface area contributed by atoms with E-state index in [-0.39, 0.29) is 5.91 Å². The van der Waals surface area contributed by atoms with E-state index in [9.17, 15) is 4.79 Å². The molecule has 0 radical (unpaired) electrons. The number of halogens is 3. The maximum atomic E-state index is 12.2. The van der Waals surface area contributed by atoms with E-state index in [4.69, 9.17) is 34.8 Å². The molecule has 20 heavy (non-hydrogen) atoms. The number of benzene rings is 2. The van der Waals surface area contributed by atoms with E-state index in [0.29, 0.717) is 5.02 Å². The number of anilines is 1. The molecule has 0 bridgehead atoms. The Kier molecular flexibility index (Phi) is 3.41. The Bertz CT molecular complexity index is 640. The molecule has 0 N–H and O–H groups in total.